The molecule has 66 valence electrons. The molecule has 4 nitrogen and oxygen atoms in total. The molecule has 1 aromatic rings. The molecule has 0 amide bonds. The topological polar surface area (TPSA) is 50.5 Å². The summed E-state index contributed by atoms with van der Waals surface area (Å²) in [6, 6.07) is 0.117. The van der Waals surface area contributed by atoms with Gasteiger partial charge in [-0.25, -0.2) is 4.99 Å². The molecule has 4 heteroatoms. The maximum atomic E-state index is 4.24. The zero-order chi connectivity index (χ0) is 9.26. The SMILES string of the molecule is CC1=NC=NC(C)c2cnncc21. The molecule has 0 saturated heterocycles. The normalized spacial score (nSPS) is 20.5. The molecular formula is C9H10N4. The number of hydrogen-bond acceptors (Lipinski definition) is 4. The van der Waals surface area contributed by atoms with Crippen molar-refractivity contribution in [1.82, 2.24) is 10.2 Å². The fourth-order valence-corrected chi connectivity index (χ4v) is 1.34. The molecule has 0 aliphatic carbocycles. The minimum Gasteiger partial charge on any atom is -0.266 e. The number of rotatable bonds is 0. The molecule has 1 unspecified atom stereocenters. The molecule has 1 aliphatic rings. The van der Waals surface area contributed by atoms with Crippen molar-refractivity contribution < 1.29 is 0 Å². The number of aliphatic imine (C=N–C) groups is 2. The summed E-state index contributed by atoms with van der Waals surface area (Å²) in [4.78, 5) is 8.41. The number of aromatic nitrogens is 2. The molecule has 0 aromatic carbocycles. The number of hydrogen-bond donors (Lipinski definition) is 0. The van der Waals surface area contributed by atoms with Crippen molar-refractivity contribution in [3.05, 3.63) is 23.5 Å². The predicted octanol–water partition coefficient (Wildman–Crippen LogP) is 1.39. The molecular weight excluding hydrogens is 164 g/mol. The van der Waals surface area contributed by atoms with E-state index in [1.165, 1.54) is 0 Å². The second-order valence-electron chi connectivity index (χ2n) is 3.01. The van der Waals surface area contributed by atoms with Gasteiger partial charge in [-0.15, -0.1) is 0 Å². The van der Waals surface area contributed by atoms with Crippen LogP contribution in [0.1, 0.15) is 31.0 Å². The maximum Gasteiger partial charge on any atom is 0.110 e. The van der Waals surface area contributed by atoms with Crippen LogP contribution in [0.15, 0.2) is 22.4 Å². The first-order chi connectivity index (χ1) is 6.29. The van der Waals surface area contributed by atoms with E-state index >= 15 is 0 Å². The van der Waals surface area contributed by atoms with Gasteiger partial charge in [0.25, 0.3) is 0 Å². The minimum atomic E-state index is 0.117. The fraction of sp³-hybridized carbons (Fsp3) is 0.333. The molecule has 2 heterocycles. The second kappa shape index (κ2) is 3.05. The Balaban J connectivity index is 2.62. The zero-order valence-corrected chi connectivity index (χ0v) is 7.60. The van der Waals surface area contributed by atoms with Crippen LogP contribution in [0.5, 0.6) is 0 Å². The third kappa shape index (κ3) is 1.35. The molecule has 0 spiro atoms. The molecule has 0 radical (unpaired) electrons. The molecule has 1 aromatic heterocycles. The minimum absolute atomic E-state index is 0.117. The van der Waals surface area contributed by atoms with E-state index in [9.17, 15) is 0 Å². The maximum absolute atomic E-state index is 4.24. The lowest BCUT2D eigenvalue weighted by atomic mass is 10.0. The van der Waals surface area contributed by atoms with Crippen LogP contribution in [0.3, 0.4) is 0 Å². The molecule has 13 heavy (non-hydrogen) atoms. The highest BCUT2D eigenvalue weighted by atomic mass is 15.1. The van der Waals surface area contributed by atoms with E-state index in [4.69, 9.17) is 0 Å². The van der Waals surface area contributed by atoms with E-state index in [-0.39, 0.29) is 6.04 Å². The van der Waals surface area contributed by atoms with Crippen LogP contribution in [0, 0.1) is 0 Å². The molecule has 0 fully saturated rings. The van der Waals surface area contributed by atoms with E-state index in [0.717, 1.165) is 16.8 Å². The summed E-state index contributed by atoms with van der Waals surface area (Å²) in [5.74, 6) is 0. The molecule has 0 bridgehead atoms. The summed E-state index contributed by atoms with van der Waals surface area (Å²) in [5.41, 5.74) is 3.07. The Hall–Kier alpha value is -1.58. The van der Waals surface area contributed by atoms with E-state index in [2.05, 4.69) is 20.2 Å². The fourth-order valence-electron chi connectivity index (χ4n) is 1.34. The standard InChI is InChI=1S/C9H10N4/c1-6-8-3-12-13-4-9(8)7(2)11-5-10-6/h3-6H,1-2H3. The van der Waals surface area contributed by atoms with Crippen molar-refractivity contribution in [3.8, 4) is 0 Å². The Morgan fingerprint density at radius 3 is 2.85 bits per heavy atom. The van der Waals surface area contributed by atoms with Crippen LogP contribution in [0.25, 0.3) is 0 Å². The largest absolute Gasteiger partial charge is 0.266 e. The van der Waals surface area contributed by atoms with Crippen molar-refractivity contribution >= 4 is 12.1 Å². The quantitative estimate of drug-likeness (QED) is 0.596. The van der Waals surface area contributed by atoms with Crippen molar-refractivity contribution in [3.63, 3.8) is 0 Å². The van der Waals surface area contributed by atoms with Gasteiger partial charge in [-0.05, 0) is 13.8 Å². The lowest BCUT2D eigenvalue weighted by Crippen LogP contribution is -2.03. The van der Waals surface area contributed by atoms with Gasteiger partial charge in [-0.2, -0.15) is 10.2 Å². The Kier molecular flexibility index (Phi) is 1.88. The van der Waals surface area contributed by atoms with Crippen molar-refractivity contribution in [2.45, 2.75) is 19.9 Å². The van der Waals surface area contributed by atoms with Gasteiger partial charge in [0.05, 0.1) is 18.4 Å². The van der Waals surface area contributed by atoms with Crippen molar-refractivity contribution in [1.29, 1.82) is 0 Å². The van der Waals surface area contributed by atoms with Crippen LogP contribution < -0.4 is 0 Å². The molecule has 2 rings (SSSR count). The number of fused-ring (bicyclic) bond motifs is 1. The average molecular weight is 174 g/mol. The van der Waals surface area contributed by atoms with Gasteiger partial charge in [-0.3, -0.25) is 4.99 Å². The Labute approximate surface area is 76.4 Å². The van der Waals surface area contributed by atoms with Crippen molar-refractivity contribution in [2.24, 2.45) is 9.98 Å². The first kappa shape index (κ1) is 8.04. The van der Waals surface area contributed by atoms with E-state index in [0.29, 0.717) is 0 Å². The van der Waals surface area contributed by atoms with Crippen LogP contribution >= 0.6 is 0 Å². The van der Waals surface area contributed by atoms with Crippen molar-refractivity contribution in [2.75, 3.05) is 0 Å². The second-order valence-corrected chi connectivity index (χ2v) is 3.01. The summed E-state index contributed by atoms with van der Waals surface area (Å²) in [7, 11) is 0. The Morgan fingerprint density at radius 1 is 1.23 bits per heavy atom. The highest BCUT2D eigenvalue weighted by Crippen LogP contribution is 2.21. The van der Waals surface area contributed by atoms with Gasteiger partial charge < -0.3 is 0 Å². The average Bonchev–Trinajstić information content (AvgIpc) is 2.29. The third-order valence-corrected chi connectivity index (χ3v) is 2.14. The summed E-state index contributed by atoms with van der Waals surface area (Å²) < 4.78 is 0. The highest BCUT2D eigenvalue weighted by Gasteiger charge is 2.13. The smallest absolute Gasteiger partial charge is 0.110 e. The van der Waals surface area contributed by atoms with Gasteiger partial charge >= 0.3 is 0 Å². The molecule has 0 saturated carbocycles. The first-order valence-corrected chi connectivity index (χ1v) is 4.16. The van der Waals surface area contributed by atoms with Crippen LogP contribution in [0.2, 0.25) is 0 Å². The summed E-state index contributed by atoms with van der Waals surface area (Å²) >= 11 is 0. The monoisotopic (exact) mass is 174 g/mol. The molecule has 0 N–H and O–H groups in total. The summed E-state index contributed by atoms with van der Waals surface area (Å²) in [6.45, 7) is 3.97. The van der Waals surface area contributed by atoms with Gasteiger partial charge in [0.15, 0.2) is 0 Å². The number of nitrogens with zero attached hydrogens (tertiary/aromatic N) is 4. The molecule has 1 aliphatic heterocycles. The van der Waals surface area contributed by atoms with Crippen LogP contribution in [-0.4, -0.2) is 22.2 Å². The van der Waals surface area contributed by atoms with Gasteiger partial charge in [-0.1, -0.05) is 0 Å². The third-order valence-electron chi connectivity index (χ3n) is 2.14. The summed E-state index contributed by atoms with van der Waals surface area (Å²) in [6.07, 6.45) is 5.08. The lowest BCUT2D eigenvalue weighted by Gasteiger charge is -2.07. The zero-order valence-electron chi connectivity index (χ0n) is 7.60. The van der Waals surface area contributed by atoms with Crippen LogP contribution in [0.4, 0.5) is 0 Å². The lowest BCUT2D eigenvalue weighted by molar-refractivity contribution is 0.805. The van der Waals surface area contributed by atoms with Gasteiger partial charge in [0.2, 0.25) is 0 Å². The first-order valence-electron chi connectivity index (χ1n) is 4.16. The molecule has 1 atom stereocenters. The van der Waals surface area contributed by atoms with E-state index in [1.807, 2.05) is 13.8 Å². The highest BCUT2D eigenvalue weighted by molar-refractivity contribution is 6.03. The van der Waals surface area contributed by atoms with Gasteiger partial charge in [0, 0.05) is 16.8 Å². The summed E-state index contributed by atoms with van der Waals surface area (Å²) in [5, 5.41) is 7.68. The Morgan fingerprint density at radius 2 is 2.00 bits per heavy atom. The van der Waals surface area contributed by atoms with Crippen LogP contribution in [-0.2, 0) is 0 Å². The van der Waals surface area contributed by atoms with E-state index < -0.39 is 0 Å². The van der Waals surface area contributed by atoms with Gasteiger partial charge in [0.1, 0.15) is 6.34 Å². The van der Waals surface area contributed by atoms with E-state index in [1.54, 1.807) is 18.7 Å². The Bertz CT molecular complexity index is 381. The predicted molar refractivity (Wildman–Crippen MR) is 51.2 cm³/mol.